The number of amides is 2. The van der Waals surface area contributed by atoms with Crippen LogP contribution in [0.25, 0.3) is 0 Å². The second kappa shape index (κ2) is 12.2. The second-order valence-corrected chi connectivity index (χ2v) is 11.8. The predicted molar refractivity (Wildman–Crippen MR) is 142 cm³/mol. The first-order chi connectivity index (χ1) is 16.3. The Hall–Kier alpha value is -2.87. The summed E-state index contributed by atoms with van der Waals surface area (Å²) >= 11 is 0. The van der Waals surface area contributed by atoms with E-state index in [9.17, 15) is 18.0 Å². The van der Waals surface area contributed by atoms with Crippen molar-refractivity contribution in [3.05, 3.63) is 65.7 Å². The van der Waals surface area contributed by atoms with E-state index < -0.39 is 22.0 Å². The lowest BCUT2D eigenvalue weighted by Gasteiger charge is -2.31. The highest BCUT2D eigenvalue weighted by Gasteiger charge is 2.29. The number of anilines is 1. The van der Waals surface area contributed by atoms with Gasteiger partial charge in [-0.2, -0.15) is 0 Å². The van der Waals surface area contributed by atoms with Crippen LogP contribution < -0.4 is 9.62 Å². The minimum atomic E-state index is -3.74. The topological polar surface area (TPSA) is 86.8 Å². The molecule has 0 aromatic heterocycles. The Morgan fingerprint density at radius 3 is 2.11 bits per heavy atom. The minimum Gasteiger partial charge on any atom is -0.354 e. The second-order valence-electron chi connectivity index (χ2n) is 9.86. The molecule has 1 N–H and O–H groups in total. The van der Waals surface area contributed by atoms with Gasteiger partial charge in [0.2, 0.25) is 21.8 Å². The maximum absolute atomic E-state index is 13.5. The molecular formula is C27H39N3O4S. The first kappa shape index (κ1) is 28.4. The maximum Gasteiger partial charge on any atom is 0.244 e. The van der Waals surface area contributed by atoms with Crippen LogP contribution in [0.5, 0.6) is 0 Å². The lowest BCUT2D eigenvalue weighted by molar-refractivity contribution is -0.138. The zero-order chi connectivity index (χ0) is 26.2. The Kier molecular flexibility index (Phi) is 9.89. The van der Waals surface area contributed by atoms with Gasteiger partial charge in [0.15, 0.2) is 0 Å². The van der Waals surface area contributed by atoms with Crippen molar-refractivity contribution in [1.82, 2.24) is 10.2 Å². The molecule has 0 saturated carbocycles. The van der Waals surface area contributed by atoms with Gasteiger partial charge < -0.3 is 10.2 Å². The van der Waals surface area contributed by atoms with Crippen molar-refractivity contribution >= 4 is 27.5 Å². The van der Waals surface area contributed by atoms with Gasteiger partial charge in [0.1, 0.15) is 12.6 Å². The normalized spacial score (nSPS) is 12.6. The smallest absolute Gasteiger partial charge is 0.244 e. The molecule has 0 radical (unpaired) electrons. The third kappa shape index (κ3) is 8.38. The molecule has 1 atom stereocenters. The van der Waals surface area contributed by atoms with E-state index in [2.05, 4.69) is 26.1 Å². The van der Waals surface area contributed by atoms with E-state index in [4.69, 9.17) is 0 Å². The molecule has 8 heteroatoms. The lowest BCUT2D eigenvalue weighted by Crippen LogP contribution is -2.52. The predicted octanol–water partition coefficient (Wildman–Crippen LogP) is 3.74. The van der Waals surface area contributed by atoms with Gasteiger partial charge in [0, 0.05) is 13.1 Å². The van der Waals surface area contributed by atoms with Gasteiger partial charge >= 0.3 is 0 Å². The highest BCUT2D eigenvalue weighted by atomic mass is 32.2. The van der Waals surface area contributed by atoms with Crippen LogP contribution in [0.15, 0.2) is 54.6 Å². The summed E-state index contributed by atoms with van der Waals surface area (Å²) in [7, 11) is -3.74. The van der Waals surface area contributed by atoms with E-state index in [1.54, 1.807) is 19.1 Å². The number of carbonyl (C=O) groups excluding carboxylic acids is 2. The Morgan fingerprint density at radius 1 is 1.00 bits per heavy atom. The van der Waals surface area contributed by atoms with Gasteiger partial charge in [-0.25, -0.2) is 8.42 Å². The van der Waals surface area contributed by atoms with Gasteiger partial charge in [0.05, 0.1) is 11.9 Å². The van der Waals surface area contributed by atoms with Crippen LogP contribution in [-0.2, 0) is 31.4 Å². The zero-order valence-electron chi connectivity index (χ0n) is 21.7. The van der Waals surface area contributed by atoms with E-state index in [-0.39, 0.29) is 17.9 Å². The number of carbonyl (C=O) groups is 2. The molecule has 35 heavy (non-hydrogen) atoms. The van der Waals surface area contributed by atoms with E-state index in [1.165, 1.54) is 4.90 Å². The summed E-state index contributed by atoms with van der Waals surface area (Å²) in [6.45, 7) is 10.3. The number of nitrogens with zero attached hydrogens (tertiary/aromatic N) is 2. The van der Waals surface area contributed by atoms with Crippen LogP contribution in [0.1, 0.15) is 52.2 Å². The summed E-state index contributed by atoms with van der Waals surface area (Å²) < 4.78 is 26.4. The molecule has 2 rings (SSSR count). The molecule has 0 fully saturated rings. The fourth-order valence-corrected chi connectivity index (χ4v) is 4.56. The lowest BCUT2D eigenvalue weighted by atomic mass is 9.87. The van der Waals surface area contributed by atoms with Crippen molar-refractivity contribution in [1.29, 1.82) is 0 Å². The molecule has 2 amide bonds. The highest BCUT2D eigenvalue weighted by Crippen LogP contribution is 2.26. The van der Waals surface area contributed by atoms with Gasteiger partial charge in [-0.05, 0) is 48.4 Å². The summed E-state index contributed by atoms with van der Waals surface area (Å²) in [6, 6.07) is 16.2. The van der Waals surface area contributed by atoms with Crippen molar-refractivity contribution in [2.24, 2.45) is 0 Å². The third-order valence-corrected chi connectivity index (χ3v) is 7.04. The van der Waals surface area contributed by atoms with Gasteiger partial charge in [-0.15, -0.1) is 0 Å². The van der Waals surface area contributed by atoms with Crippen LogP contribution in [0, 0.1) is 0 Å². The van der Waals surface area contributed by atoms with Crippen LogP contribution in [0.3, 0.4) is 0 Å². The molecule has 0 unspecified atom stereocenters. The van der Waals surface area contributed by atoms with Crippen molar-refractivity contribution in [2.75, 3.05) is 30.2 Å². The molecule has 0 aliphatic rings. The number of nitrogens with one attached hydrogen (secondary N) is 1. The number of benzene rings is 2. The van der Waals surface area contributed by atoms with E-state index >= 15 is 0 Å². The molecule has 2 aromatic carbocycles. The number of hydrogen-bond donors (Lipinski definition) is 1. The monoisotopic (exact) mass is 501 g/mol. The average molecular weight is 502 g/mol. The molecule has 0 aliphatic heterocycles. The summed E-state index contributed by atoms with van der Waals surface area (Å²) in [6.07, 6.45) is 2.42. The summed E-state index contributed by atoms with van der Waals surface area (Å²) in [5.41, 5.74) is 2.43. The average Bonchev–Trinajstić information content (AvgIpc) is 2.80. The minimum absolute atomic E-state index is 0.0835. The molecule has 0 spiro atoms. The largest absolute Gasteiger partial charge is 0.354 e. The maximum atomic E-state index is 13.5. The molecule has 192 valence electrons. The molecule has 7 nitrogen and oxygen atoms in total. The standard InChI is InChI=1S/C27H39N3O4S/c1-7-18-28-26(32)21(2)29(19-17-22-11-9-8-10-12-22)25(31)20-30(35(6,33)34)24-15-13-23(14-16-24)27(3,4)5/h8-16,21H,7,17-20H2,1-6H3,(H,28,32)/t21-/m1/s1. The van der Waals surface area contributed by atoms with E-state index in [0.717, 1.165) is 28.1 Å². The van der Waals surface area contributed by atoms with Crippen LogP contribution in [-0.4, -0.2) is 57.1 Å². The first-order valence-corrected chi connectivity index (χ1v) is 13.9. The molecule has 2 aromatic rings. The summed E-state index contributed by atoms with van der Waals surface area (Å²) in [5.74, 6) is -0.681. The number of rotatable bonds is 11. The molecule has 0 aliphatic carbocycles. The summed E-state index contributed by atoms with van der Waals surface area (Å²) in [5, 5.41) is 2.84. The van der Waals surface area contributed by atoms with Gasteiger partial charge in [-0.1, -0.05) is 70.2 Å². The highest BCUT2D eigenvalue weighted by molar-refractivity contribution is 7.92. The van der Waals surface area contributed by atoms with Crippen LogP contribution >= 0.6 is 0 Å². The number of sulfonamides is 1. The fourth-order valence-electron chi connectivity index (χ4n) is 3.71. The van der Waals surface area contributed by atoms with E-state index in [1.807, 2.05) is 49.4 Å². The van der Waals surface area contributed by atoms with Gasteiger partial charge in [0.25, 0.3) is 0 Å². The van der Waals surface area contributed by atoms with Crippen LogP contribution in [0.2, 0.25) is 0 Å². The van der Waals surface area contributed by atoms with Gasteiger partial charge in [-0.3, -0.25) is 13.9 Å². The van der Waals surface area contributed by atoms with Crippen molar-refractivity contribution < 1.29 is 18.0 Å². The molecule has 0 bridgehead atoms. The Labute approximate surface area is 210 Å². The van der Waals surface area contributed by atoms with E-state index in [0.29, 0.717) is 25.2 Å². The Morgan fingerprint density at radius 2 is 1.60 bits per heavy atom. The summed E-state index contributed by atoms with van der Waals surface area (Å²) in [4.78, 5) is 27.7. The Balaban J connectivity index is 2.31. The van der Waals surface area contributed by atoms with Crippen molar-refractivity contribution in [3.63, 3.8) is 0 Å². The molecule has 0 heterocycles. The first-order valence-electron chi connectivity index (χ1n) is 12.0. The Bertz CT molecular complexity index is 1080. The van der Waals surface area contributed by atoms with Crippen molar-refractivity contribution in [2.45, 2.75) is 58.9 Å². The number of hydrogen-bond acceptors (Lipinski definition) is 4. The zero-order valence-corrected chi connectivity index (χ0v) is 22.6. The van der Waals surface area contributed by atoms with Crippen molar-refractivity contribution in [3.8, 4) is 0 Å². The SMILES string of the molecule is CCCNC(=O)[C@@H](C)N(CCc1ccccc1)C(=O)CN(c1ccc(C(C)(C)C)cc1)S(C)(=O)=O. The third-order valence-electron chi connectivity index (χ3n) is 5.90. The van der Waals surface area contributed by atoms with Crippen LogP contribution in [0.4, 0.5) is 5.69 Å². The molecular weight excluding hydrogens is 462 g/mol. The fraction of sp³-hybridized carbons (Fsp3) is 0.481. The molecule has 0 saturated heterocycles. The quantitative estimate of drug-likeness (QED) is 0.508.